The molecule has 3 rings (SSSR count). The summed E-state index contributed by atoms with van der Waals surface area (Å²) in [7, 11) is 0. The molecule has 2 heterocycles. The molecule has 14 heavy (non-hydrogen) atoms. The number of para-hydroxylation sites is 1. The van der Waals surface area contributed by atoms with Crippen molar-refractivity contribution in [2.45, 2.75) is 0 Å². The van der Waals surface area contributed by atoms with Gasteiger partial charge in [0.25, 0.3) is 0 Å². The lowest BCUT2D eigenvalue weighted by atomic mass is 10.1. The van der Waals surface area contributed by atoms with E-state index in [1.54, 1.807) is 12.3 Å². The van der Waals surface area contributed by atoms with Crippen molar-refractivity contribution in [1.29, 1.82) is 0 Å². The zero-order chi connectivity index (χ0) is 9.54. The van der Waals surface area contributed by atoms with Crippen LogP contribution in [0.15, 0.2) is 47.2 Å². The molecule has 0 N–H and O–H groups in total. The molecule has 3 heteroatoms. The molecule has 0 amide bonds. The van der Waals surface area contributed by atoms with Crippen LogP contribution in [0.4, 0.5) is 0 Å². The van der Waals surface area contributed by atoms with Crippen LogP contribution in [0, 0.1) is 5.21 Å². The van der Waals surface area contributed by atoms with E-state index in [-0.39, 0.29) is 0 Å². The molecule has 0 saturated heterocycles. The summed E-state index contributed by atoms with van der Waals surface area (Å²) in [6.45, 7) is 0. The van der Waals surface area contributed by atoms with Gasteiger partial charge in [0, 0.05) is 11.5 Å². The third kappa shape index (κ3) is 0.836. The van der Waals surface area contributed by atoms with E-state index in [1.165, 1.54) is 6.20 Å². The monoisotopic (exact) mass is 185 g/mol. The van der Waals surface area contributed by atoms with E-state index in [1.807, 2.05) is 24.3 Å². The Bertz CT molecular complexity index is 613. The number of rotatable bonds is 0. The van der Waals surface area contributed by atoms with Crippen molar-refractivity contribution in [3.63, 3.8) is 0 Å². The fourth-order valence-corrected chi connectivity index (χ4v) is 1.71. The fraction of sp³-hybridized carbons (Fsp3) is 0. The van der Waals surface area contributed by atoms with E-state index in [0.29, 0.717) is 11.1 Å². The molecule has 0 aliphatic rings. The molecule has 0 fully saturated rings. The Morgan fingerprint density at radius 2 is 1.93 bits per heavy atom. The summed E-state index contributed by atoms with van der Waals surface area (Å²) >= 11 is 0. The third-order valence-corrected chi connectivity index (χ3v) is 2.36. The number of hydrogen-bond donors (Lipinski definition) is 0. The average Bonchev–Trinajstić information content (AvgIpc) is 2.66. The SMILES string of the molecule is [O-][n+]1cc2occc2c2ccccc21. The smallest absolute Gasteiger partial charge is 0.224 e. The van der Waals surface area contributed by atoms with Gasteiger partial charge in [-0.1, -0.05) is 12.1 Å². The first-order chi connectivity index (χ1) is 6.86. The highest BCUT2D eigenvalue weighted by molar-refractivity contribution is 6.01. The topological polar surface area (TPSA) is 40.1 Å². The minimum absolute atomic E-state index is 0.624. The van der Waals surface area contributed by atoms with Crippen LogP contribution < -0.4 is 4.73 Å². The standard InChI is InChI=1S/C11H7NO2/c13-12-7-11-9(5-6-14-11)8-3-1-2-4-10(8)12/h1-7H. The number of benzene rings is 1. The van der Waals surface area contributed by atoms with Crippen LogP contribution in [0.3, 0.4) is 0 Å². The number of fused-ring (bicyclic) bond motifs is 3. The molecule has 0 spiro atoms. The van der Waals surface area contributed by atoms with E-state index in [9.17, 15) is 5.21 Å². The lowest BCUT2D eigenvalue weighted by molar-refractivity contribution is -0.575. The number of furan rings is 1. The summed E-state index contributed by atoms with van der Waals surface area (Å²) in [6, 6.07) is 9.35. The maximum absolute atomic E-state index is 11.5. The predicted molar refractivity (Wildman–Crippen MR) is 52.7 cm³/mol. The molecular weight excluding hydrogens is 178 g/mol. The van der Waals surface area contributed by atoms with Crippen LogP contribution in [0.1, 0.15) is 0 Å². The summed E-state index contributed by atoms with van der Waals surface area (Å²) in [5, 5.41) is 13.5. The molecule has 0 atom stereocenters. The highest BCUT2D eigenvalue weighted by Crippen LogP contribution is 2.22. The summed E-state index contributed by atoms with van der Waals surface area (Å²) < 4.78 is 6.02. The van der Waals surface area contributed by atoms with Crippen molar-refractivity contribution >= 4 is 21.9 Å². The molecule has 0 radical (unpaired) electrons. The van der Waals surface area contributed by atoms with Gasteiger partial charge in [-0.2, -0.15) is 4.73 Å². The van der Waals surface area contributed by atoms with Crippen molar-refractivity contribution in [3.8, 4) is 0 Å². The molecule has 3 aromatic rings. The molecule has 0 unspecified atom stereocenters. The van der Waals surface area contributed by atoms with Crippen LogP contribution in [0.2, 0.25) is 0 Å². The molecule has 0 saturated carbocycles. The van der Waals surface area contributed by atoms with Crippen LogP contribution in [0.25, 0.3) is 21.9 Å². The number of pyridine rings is 1. The van der Waals surface area contributed by atoms with Crippen LogP contribution >= 0.6 is 0 Å². The van der Waals surface area contributed by atoms with Crippen molar-refractivity contribution in [3.05, 3.63) is 48.0 Å². The van der Waals surface area contributed by atoms with Crippen LogP contribution in [-0.4, -0.2) is 0 Å². The summed E-state index contributed by atoms with van der Waals surface area (Å²) in [5.41, 5.74) is 1.29. The minimum Gasteiger partial charge on any atom is -0.618 e. The third-order valence-electron chi connectivity index (χ3n) is 2.36. The maximum Gasteiger partial charge on any atom is 0.224 e. The first kappa shape index (κ1) is 7.38. The van der Waals surface area contributed by atoms with E-state index < -0.39 is 0 Å². The van der Waals surface area contributed by atoms with E-state index in [4.69, 9.17) is 4.42 Å². The van der Waals surface area contributed by atoms with Gasteiger partial charge in [0.05, 0.1) is 11.6 Å². The van der Waals surface area contributed by atoms with Gasteiger partial charge in [-0.25, -0.2) is 0 Å². The summed E-state index contributed by atoms with van der Waals surface area (Å²) in [6.07, 6.45) is 3.05. The minimum atomic E-state index is 0.624. The fourth-order valence-electron chi connectivity index (χ4n) is 1.71. The number of hydrogen-bond acceptors (Lipinski definition) is 2. The second-order valence-electron chi connectivity index (χ2n) is 3.17. The summed E-state index contributed by atoms with van der Waals surface area (Å²) in [4.78, 5) is 0. The van der Waals surface area contributed by atoms with Crippen LogP contribution in [-0.2, 0) is 0 Å². The Morgan fingerprint density at radius 1 is 1.07 bits per heavy atom. The van der Waals surface area contributed by atoms with E-state index in [0.717, 1.165) is 15.5 Å². The lowest BCUT2D eigenvalue weighted by Gasteiger charge is -2.00. The zero-order valence-electron chi connectivity index (χ0n) is 7.31. The first-order valence-corrected chi connectivity index (χ1v) is 4.34. The van der Waals surface area contributed by atoms with Crippen LogP contribution in [0.5, 0.6) is 0 Å². The first-order valence-electron chi connectivity index (χ1n) is 4.34. The number of aromatic nitrogens is 1. The van der Waals surface area contributed by atoms with Gasteiger partial charge in [-0.15, -0.1) is 0 Å². The molecule has 2 aromatic heterocycles. The van der Waals surface area contributed by atoms with Crippen molar-refractivity contribution in [1.82, 2.24) is 0 Å². The molecule has 0 aliphatic carbocycles. The van der Waals surface area contributed by atoms with Gasteiger partial charge in [0.1, 0.15) is 0 Å². The Kier molecular flexibility index (Phi) is 1.31. The zero-order valence-corrected chi connectivity index (χ0v) is 7.31. The summed E-state index contributed by atoms with van der Waals surface area (Å²) in [5.74, 6) is 0. The van der Waals surface area contributed by atoms with Gasteiger partial charge in [0.15, 0.2) is 5.58 Å². The van der Waals surface area contributed by atoms with Crippen molar-refractivity contribution in [2.24, 2.45) is 0 Å². The second-order valence-corrected chi connectivity index (χ2v) is 3.17. The predicted octanol–water partition coefficient (Wildman–Crippen LogP) is 2.22. The highest BCUT2D eigenvalue weighted by Gasteiger charge is 2.09. The molecule has 0 aliphatic heterocycles. The van der Waals surface area contributed by atoms with Gasteiger partial charge < -0.3 is 9.62 Å². The average molecular weight is 185 g/mol. The Morgan fingerprint density at radius 3 is 2.86 bits per heavy atom. The van der Waals surface area contributed by atoms with Gasteiger partial charge in [-0.05, 0) is 12.1 Å². The van der Waals surface area contributed by atoms with Gasteiger partial charge in [0.2, 0.25) is 11.7 Å². The Hall–Kier alpha value is -2.03. The van der Waals surface area contributed by atoms with E-state index >= 15 is 0 Å². The lowest BCUT2D eigenvalue weighted by Crippen LogP contribution is -2.25. The number of nitrogens with zero attached hydrogens (tertiary/aromatic N) is 1. The second kappa shape index (κ2) is 2.48. The molecular formula is C11H7NO2. The normalized spacial score (nSPS) is 11.1. The molecule has 3 nitrogen and oxygen atoms in total. The Labute approximate surface area is 79.8 Å². The maximum atomic E-state index is 11.5. The molecule has 0 bridgehead atoms. The van der Waals surface area contributed by atoms with Gasteiger partial charge >= 0.3 is 0 Å². The quantitative estimate of drug-likeness (QED) is 0.398. The largest absolute Gasteiger partial charge is 0.618 e. The Balaban J connectivity index is 2.67. The van der Waals surface area contributed by atoms with Gasteiger partial charge in [-0.3, -0.25) is 0 Å². The highest BCUT2D eigenvalue weighted by atomic mass is 16.5. The van der Waals surface area contributed by atoms with E-state index in [2.05, 4.69) is 0 Å². The molecule has 1 aromatic carbocycles. The van der Waals surface area contributed by atoms with Crippen molar-refractivity contribution < 1.29 is 9.15 Å². The molecule has 68 valence electrons. The van der Waals surface area contributed by atoms with Crippen molar-refractivity contribution in [2.75, 3.05) is 0 Å².